The number of halogens is 3. The Labute approximate surface area is 245 Å². The normalized spacial score (nSPS) is 12.6. The summed E-state index contributed by atoms with van der Waals surface area (Å²) in [5.74, 6) is -1.02. The van der Waals surface area contributed by atoms with Crippen LogP contribution in [-0.4, -0.2) is 50.5 Å². The van der Waals surface area contributed by atoms with Crippen molar-refractivity contribution in [3.8, 4) is 0 Å². The van der Waals surface area contributed by atoms with Gasteiger partial charge in [-0.3, -0.25) is 13.9 Å². The lowest BCUT2D eigenvalue weighted by atomic mass is 10.0. The Morgan fingerprint density at radius 2 is 1.57 bits per heavy atom. The molecule has 0 aliphatic rings. The summed E-state index contributed by atoms with van der Waals surface area (Å²) in [4.78, 5) is 29.0. The van der Waals surface area contributed by atoms with Gasteiger partial charge in [0.05, 0.1) is 17.5 Å². The highest BCUT2D eigenvalue weighted by Gasteiger charge is 2.35. The maximum Gasteiger partial charge on any atom is 0.416 e. The Hall–Kier alpha value is -3.86. The molecule has 0 radical (unpaired) electrons. The molecular weight excluding hydrogens is 567 g/mol. The number of carbonyl (C=O) groups excluding carboxylic acids is 2. The second kappa shape index (κ2) is 13.9. The molecule has 0 heterocycles. The zero-order valence-corrected chi connectivity index (χ0v) is 24.9. The number of rotatable bonds is 12. The second-order valence-electron chi connectivity index (χ2n) is 10.6. The molecule has 3 rings (SSSR count). The van der Waals surface area contributed by atoms with Crippen molar-refractivity contribution >= 4 is 27.5 Å². The van der Waals surface area contributed by atoms with E-state index in [2.05, 4.69) is 5.32 Å². The van der Waals surface area contributed by atoms with Crippen LogP contribution in [0.4, 0.5) is 18.9 Å². The summed E-state index contributed by atoms with van der Waals surface area (Å²) in [6, 6.07) is 19.2. The lowest BCUT2D eigenvalue weighted by molar-refractivity contribution is -0.140. The number of sulfonamides is 1. The molecule has 0 fully saturated rings. The summed E-state index contributed by atoms with van der Waals surface area (Å²) in [7, 11) is -4.20. The van der Waals surface area contributed by atoms with Crippen molar-refractivity contribution in [2.45, 2.75) is 46.0 Å². The molecule has 1 atom stereocenters. The van der Waals surface area contributed by atoms with Crippen molar-refractivity contribution in [3.05, 3.63) is 101 Å². The first-order valence-corrected chi connectivity index (χ1v) is 15.3. The number of nitrogens with zero attached hydrogens (tertiary/aromatic N) is 2. The van der Waals surface area contributed by atoms with Crippen molar-refractivity contribution < 1.29 is 31.2 Å². The Balaban J connectivity index is 2.08. The number of nitrogens with one attached hydrogen (secondary N) is 1. The first-order valence-electron chi connectivity index (χ1n) is 13.5. The molecule has 3 aromatic rings. The molecule has 0 unspecified atom stereocenters. The van der Waals surface area contributed by atoms with Crippen LogP contribution >= 0.6 is 0 Å². The van der Waals surface area contributed by atoms with Crippen LogP contribution in [-0.2, 0) is 38.8 Å². The van der Waals surface area contributed by atoms with Gasteiger partial charge in [-0.05, 0) is 47.7 Å². The van der Waals surface area contributed by atoms with E-state index in [0.717, 1.165) is 35.1 Å². The van der Waals surface area contributed by atoms with Crippen LogP contribution in [0.15, 0.2) is 78.9 Å². The first kappa shape index (κ1) is 32.7. The van der Waals surface area contributed by atoms with E-state index >= 15 is 0 Å². The lowest BCUT2D eigenvalue weighted by Gasteiger charge is -2.34. The van der Waals surface area contributed by atoms with Crippen LogP contribution in [0.3, 0.4) is 0 Å². The topological polar surface area (TPSA) is 86.8 Å². The fourth-order valence-electron chi connectivity index (χ4n) is 4.40. The molecule has 0 saturated carbocycles. The maximum absolute atomic E-state index is 14.1. The minimum atomic E-state index is -4.71. The standard InChI is InChI=1S/C31H36F3N3O4S/c1-22(2)19-35-30(39)28(17-24-12-6-5-7-13-24)36(20-25-14-9-8-11-23(25)3)29(38)21-37(42(4,40)41)27-16-10-15-26(18-27)31(32,33)34/h5-16,18,22,28H,17,19-21H2,1-4H3,(H,35,39)/t28-/m0/s1. The molecule has 0 aliphatic heterocycles. The fraction of sp³-hybridized carbons (Fsp3) is 0.355. The van der Waals surface area contributed by atoms with E-state index in [1.165, 1.54) is 11.0 Å². The molecule has 226 valence electrons. The molecule has 11 heteroatoms. The van der Waals surface area contributed by atoms with Gasteiger partial charge in [0.1, 0.15) is 12.6 Å². The van der Waals surface area contributed by atoms with Gasteiger partial charge in [-0.25, -0.2) is 8.42 Å². The molecule has 0 spiro atoms. The highest BCUT2D eigenvalue weighted by Crippen LogP contribution is 2.32. The van der Waals surface area contributed by atoms with E-state index in [9.17, 15) is 31.2 Å². The van der Waals surface area contributed by atoms with Crippen molar-refractivity contribution in [2.75, 3.05) is 23.7 Å². The van der Waals surface area contributed by atoms with Crippen molar-refractivity contribution in [3.63, 3.8) is 0 Å². The van der Waals surface area contributed by atoms with Gasteiger partial charge in [-0.2, -0.15) is 13.2 Å². The van der Waals surface area contributed by atoms with E-state index in [-0.39, 0.29) is 24.6 Å². The van der Waals surface area contributed by atoms with Gasteiger partial charge in [-0.15, -0.1) is 0 Å². The van der Waals surface area contributed by atoms with Gasteiger partial charge in [0.2, 0.25) is 21.8 Å². The van der Waals surface area contributed by atoms with Gasteiger partial charge in [0.25, 0.3) is 0 Å². The molecule has 0 saturated heterocycles. The third-order valence-corrected chi connectivity index (χ3v) is 7.84. The van der Waals surface area contributed by atoms with E-state index in [4.69, 9.17) is 0 Å². The Morgan fingerprint density at radius 1 is 0.929 bits per heavy atom. The minimum absolute atomic E-state index is 0.0156. The van der Waals surface area contributed by atoms with E-state index < -0.39 is 46.2 Å². The number of alkyl halides is 3. The summed E-state index contributed by atoms with van der Waals surface area (Å²) in [6.45, 7) is 5.27. The summed E-state index contributed by atoms with van der Waals surface area (Å²) in [5.41, 5.74) is 1.02. The van der Waals surface area contributed by atoms with Crippen LogP contribution in [0.2, 0.25) is 0 Å². The van der Waals surface area contributed by atoms with E-state index in [1.54, 1.807) is 6.07 Å². The number of carbonyl (C=O) groups is 2. The Bertz CT molecular complexity index is 1480. The van der Waals surface area contributed by atoms with Crippen LogP contribution in [0.25, 0.3) is 0 Å². The van der Waals surface area contributed by atoms with Gasteiger partial charge >= 0.3 is 6.18 Å². The molecule has 3 aromatic carbocycles. The van der Waals surface area contributed by atoms with Crippen LogP contribution in [0.5, 0.6) is 0 Å². The lowest BCUT2D eigenvalue weighted by Crippen LogP contribution is -2.53. The maximum atomic E-state index is 14.1. The average molecular weight is 604 g/mol. The number of hydrogen-bond acceptors (Lipinski definition) is 4. The van der Waals surface area contributed by atoms with Gasteiger partial charge < -0.3 is 10.2 Å². The van der Waals surface area contributed by atoms with Crippen LogP contribution < -0.4 is 9.62 Å². The monoisotopic (exact) mass is 603 g/mol. The largest absolute Gasteiger partial charge is 0.416 e. The molecule has 7 nitrogen and oxygen atoms in total. The van der Waals surface area contributed by atoms with E-state index in [0.29, 0.717) is 16.9 Å². The molecule has 2 amide bonds. The SMILES string of the molecule is Cc1ccccc1CN(C(=O)CN(c1cccc(C(F)(F)F)c1)S(C)(=O)=O)[C@@H](Cc1ccccc1)C(=O)NCC(C)C. The summed E-state index contributed by atoms with van der Waals surface area (Å²) >= 11 is 0. The van der Waals surface area contributed by atoms with E-state index in [1.807, 2.05) is 69.3 Å². The Morgan fingerprint density at radius 3 is 2.17 bits per heavy atom. The fourth-order valence-corrected chi connectivity index (χ4v) is 5.24. The minimum Gasteiger partial charge on any atom is -0.354 e. The van der Waals surface area contributed by atoms with Crippen molar-refractivity contribution in [1.82, 2.24) is 10.2 Å². The van der Waals surface area contributed by atoms with Crippen LogP contribution in [0, 0.1) is 12.8 Å². The molecule has 1 N–H and O–H groups in total. The van der Waals surface area contributed by atoms with Crippen molar-refractivity contribution in [2.24, 2.45) is 5.92 Å². The highest BCUT2D eigenvalue weighted by molar-refractivity contribution is 7.92. The number of hydrogen-bond donors (Lipinski definition) is 1. The first-order chi connectivity index (χ1) is 19.7. The van der Waals surface area contributed by atoms with Crippen LogP contribution in [0.1, 0.15) is 36.1 Å². The van der Waals surface area contributed by atoms with Gasteiger partial charge in [0.15, 0.2) is 0 Å². The quantitative estimate of drug-likeness (QED) is 0.309. The second-order valence-corrected chi connectivity index (χ2v) is 12.5. The summed E-state index contributed by atoms with van der Waals surface area (Å²) in [5, 5.41) is 2.89. The van der Waals surface area contributed by atoms with Gasteiger partial charge in [-0.1, -0.05) is 74.5 Å². The number of benzene rings is 3. The molecule has 42 heavy (non-hydrogen) atoms. The number of anilines is 1. The third kappa shape index (κ3) is 9.07. The van der Waals surface area contributed by atoms with Crippen molar-refractivity contribution in [1.29, 1.82) is 0 Å². The summed E-state index contributed by atoms with van der Waals surface area (Å²) in [6.07, 6.45) is -3.75. The average Bonchev–Trinajstić information content (AvgIpc) is 2.92. The zero-order chi connectivity index (χ0) is 31.1. The molecule has 0 bridgehead atoms. The molecule has 0 aliphatic carbocycles. The molecular formula is C31H36F3N3O4S. The predicted molar refractivity (Wildman–Crippen MR) is 157 cm³/mol. The highest BCUT2D eigenvalue weighted by atomic mass is 32.2. The zero-order valence-electron chi connectivity index (χ0n) is 24.1. The number of aryl methyl sites for hydroxylation is 1. The van der Waals surface area contributed by atoms with Gasteiger partial charge in [0, 0.05) is 19.5 Å². The molecule has 0 aromatic heterocycles. The third-order valence-electron chi connectivity index (χ3n) is 6.70. The number of amides is 2. The predicted octanol–water partition coefficient (Wildman–Crippen LogP) is 5.19. The Kier molecular flexibility index (Phi) is 10.8. The smallest absolute Gasteiger partial charge is 0.354 e. The summed E-state index contributed by atoms with van der Waals surface area (Å²) < 4.78 is 66.6.